The highest BCUT2D eigenvalue weighted by atomic mass is 16.3. The third-order valence-electron chi connectivity index (χ3n) is 5.34. The van der Waals surface area contributed by atoms with Crippen molar-refractivity contribution in [3.05, 3.63) is 108 Å². The van der Waals surface area contributed by atoms with E-state index in [2.05, 4.69) is 40.0 Å². The number of fused-ring (bicyclic) bond motifs is 1. The van der Waals surface area contributed by atoms with Gasteiger partial charge in [0.25, 0.3) is 0 Å². The van der Waals surface area contributed by atoms with Crippen LogP contribution >= 0.6 is 0 Å². The fraction of sp³-hybridized carbons (Fsp3) is 0.0800. The Morgan fingerprint density at radius 1 is 0.871 bits per heavy atom. The lowest BCUT2D eigenvalue weighted by atomic mass is 9.94. The van der Waals surface area contributed by atoms with Crippen molar-refractivity contribution in [2.45, 2.75) is 6.54 Å². The summed E-state index contributed by atoms with van der Waals surface area (Å²) in [4.78, 5) is 4.97. The first kappa shape index (κ1) is 19.0. The number of aliphatic imine (C=N–C) groups is 1. The maximum Gasteiger partial charge on any atom is 0.337 e. The lowest BCUT2D eigenvalue weighted by molar-refractivity contribution is -0.553. The van der Waals surface area contributed by atoms with Crippen molar-refractivity contribution >= 4 is 28.5 Å². The largest absolute Gasteiger partial charge is 0.394 e. The maximum atomic E-state index is 9.26. The van der Waals surface area contributed by atoms with Crippen LogP contribution in [0.25, 0.3) is 11.1 Å². The number of nitrogens with zero attached hydrogens (tertiary/aromatic N) is 4. The summed E-state index contributed by atoms with van der Waals surface area (Å²) < 4.78 is 3.66. The Hall–Kier alpha value is -4.03. The van der Waals surface area contributed by atoms with Gasteiger partial charge in [-0.3, -0.25) is 0 Å². The van der Waals surface area contributed by atoms with Crippen LogP contribution in [0.5, 0.6) is 0 Å². The van der Waals surface area contributed by atoms with E-state index in [-0.39, 0.29) is 6.61 Å². The first-order valence-electron chi connectivity index (χ1n) is 10.2. The lowest BCUT2D eigenvalue weighted by Crippen LogP contribution is -2.42. The van der Waals surface area contributed by atoms with Gasteiger partial charge in [-0.2, -0.15) is 9.67 Å². The molecule has 5 rings (SSSR count). The van der Waals surface area contributed by atoms with Crippen molar-refractivity contribution in [1.82, 2.24) is 9.78 Å². The highest BCUT2D eigenvalue weighted by Crippen LogP contribution is 2.36. The molecule has 0 unspecified atom stereocenters. The molecule has 0 radical (unpaired) electrons. The predicted octanol–water partition coefficient (Wildman–Crippen LogP) is 3.30. The van der Waals surface area contributed by atoms with Crippen molar-refractivity contribution < 1.29 is 9.67 Å². The second kappa shape index (κ2) is 8.01. The SMILES string of the molecule is Nc1c(N=C2C(c3ccccc3)=C(c3ccccc3)c3cccc[n+]32)cnn1CCO. The number of allylic oxidation sites excluding steroid dienone is 1. The summed E-state index contributed by atoms with van der Waals surface area (Å²) >= 11 is 0. The van der Waals surface area contributed by atoms with Crippen molar-refractivity contribution in [2.24, 2.45) is 4.99 Å². The molecule has 0 amide bonds. The molecule has 0 fully saturated rings. The Kier molecular flexibility index (Phi) is 4.90. The highest BCUT2D eigenvalue weighted by Gasteiger charge is 2.37. The topological polar surface area (TPSA) is 80.3 Å². The molecule has 0 aliphatic carbocycles. The quantitative estimate of drug-likeness (QED) is 0.497. The molecule has 152 valence electrons. The van der Waals surface area contributed by atoms with Crippen LogP contribution in [0.1, 0.15) is 16.8 Å². The molecular formula is C25H22N5O+. The van der Waals surface area contributed by atoms with Gasteiger partial charge in [0.2, 0.25) is 5.69 Å². The molecule has 3 N–H and O–H groups in total. The van der Waals surface area contributed by atoms with Gasteiger partial charge in [-0.05, 0) is 28.3 Å². The van der Waals surface area contributed by atoms with Gasteiger partial charge in [-0.15, -0.1) is 0 Å². The second-order valence-corrected chi connectivity index (χ2v) is 7.24. The van der Waals surface area contributed by atoms with Crippen molar-refractivity contribution in [2.75, 3.05) is 12.3 Å². The molecule has 0 atom stereocenters. The fourth-order valence-electron chi connectivity index (χ4n) is 3.94. The minimum Gasteiger partial charge on any atom is -0.394 e. The minimum absolute atomic E-state index is 0.0349. The molecule has 0 bridgehead atoms. The zero-order valence-electron chi connectivity index (χ0n) is 16.9. The number of anilines is 1. The smallest absolute Gasteiger partial charge is 0.337 e. The van der Waals surface area contributed by atoms with Crippen LogP contribution in [0, 0.1) is 0 Å². The van der Waals surface area contributed by atoms with Crippen molar-refractivity contribution in [3.8, 4) is 0 Å². The average molecular weight is 408 g/mol. The van der Waals surface area contributed by atoms with E-state index < -0.39 is 0 Å². The van der Waals surface area contributed by atoms with E-state index >= 15 is 0 Å². The van der Waals surface area contributed by atoms with Gasteiger partial charge in [-0.25, -0.2) is 4.68 Å². The van der Waals surface area contributed by atoms with Crippen LogP contribution in [0.3, 0.4) is 0 Å². The number of pyridine rings is 1. The van der Waals surface area contributed by atoms with Crippen LogP contribution < -0.4 is 10.3 Å². The fourth-order valence-corrected chi connectivity index (χ4v) is 3.94. The van der Waals surface area contributed by atoms with Crippen LogP contribution in [-0.4, -0.2) is 27.3 Å². The first-order valence-corrected chi connectivity index (χ1v) is 10.2. The molecule has 31 heavy (non-hydrogen) atoms. The van der Waals surface area contributed by atoms with Crippen molar-refractivity contribution in [1.29, 1.82) is 0 Å². The van der Waals surface area contributed by atoms with Gasteiger partial charge in [0.05, 0.1) is 24.9 Å². The molecule has 3 heterocycles. The van der Waals surface area contributed by atoms with Crippen LogP contribution in [0.4, 0.5) is 11.5 Å². The summed E-state index contributed by atoms with van der Waals surface area (Å²) in [7, 11) is 0. The summed E-state index contributed by atoms with van der Waals surface area (Å²) in [5.74, 6) is 1.22. The third-order valence-corrected chi connectivity index (χ3v) is 5.34. The van der Waals surface area contributed by atoms with Crippen LogP contribution in [0.15, 0.2) is 96.2 Å². The summed E-state index contributed by atoms with van der Waals surface area (Å²) in [5, 5.41) is 13.5. The molecular weight excluding hydrogens is 386 g/mol. The van der Waals surface area contributed by atoms with Gasteiger partial charge in [0.15, 0.2) is 5.82 Å². The van der Waals surface area contributed by atoms with Crippen LogP contribution in [-0.2, 0) is 6.54 Å². The molecule has 6 heteroatoms. The van der Waals surface area contributed by atoms with Gasteiger partial charge in [-0.1, -0.05) is 66.7 Å². The van der Waals surface area contributed by atoms with E-state index in [9.17, 15) is 5.11 Å². The predicted molar refractivity (Wildman–Crippen MR) is 122 cm³/mol. The number of aliphatic hydroxyl groups excluding tert-OH is 1. The van der Waals surface area contributed by atoms with Gasteiger partial charge in [0.1, 0.15) is 11.9 Å². The van der Waals surface area contributed by atoms with E-state index in [1.807, 2.05) is 54.7 Å². The van der Waals surface area contributed by atoms with Crippen molar-refractivity contribution in [3.63, 3.8) is 0 Å². The molecule has 6 nitrogen and oxygen atoms in total. The van der Waals surface area contributed by atoms with E-state index in [0.29, 0.717) is 18.1 Å². The number of nitrogen functional groups attached to an aromatic ring is 1. The number of rotatable bonds is 5. The van der Waals surface area contributed by atoms with Gasteiger partial charge in [0, 0.05) is 5.57 Å². The molecule has 2 aromatic carbocycles. The monoisotopic (exact) mass is 408 g/mol. The number of aliphatic hydroxyl groups is 1. The highest BCUT2D eigenvalue weighted by molar-refractivity contribution is 6.30. The molecule has 4 aromatic rings. The number of nitrogens with two attached hydrogens (primary N) is 1. The summed E-state index contributed by atoms with van der Waals surface area (Å²) in [6, 6.07) is 26.7. The summed E-state index contributed by atoms with van der Waals surface area (Å²) in [5.41, 5.74) is 12.3. The Balaban J connectivity index is 1.80. The Morgan fingerprint density at radius 3 is 2.19 bits per heavy atom. The second-order valence-electron chi connectivity index (χ2n) is 7.24. The first-order chi connectivity index (χ1) is 15.3. The molecule has 0 spiro atoms. The number of hydrogen-bond acceptors (Lipinski definition) is 4. The minimum atomic E-state index is -0.0349. The standard InChI is InChI=1S/C25H21N5O/c26-24-20(17-27-30(24)15-16-31)28-25-23(19-11-5-2-6-12-19)22(18-9-3-1-4-10-18)21-13-7-8-14-29(21)25/h1-14,17,26,31H,15-16H2/p+1. The Morgan fingerprint density at radius 2 is 1.52 bits per heavy atom. The molecule has 0 saturated heterocycles. The van der Waals surface area contributed by atoms with Crippen LogP contribution in [0.2, 0.25) is 0 Å². The molecule has 1 aliphatic rings. The number of aromatic nitrogens is 3. The number of benzene rings is 2. The lowest BCUT2D eigenvalue weighted by Gasteiger charge is -2.05. The average Bonchev–Trinajstić information content (AvgIpc) is 3.34. The maximum absolute atomic E-state index is 9.26. The molecule has 2 aromatic heterocycles. The van der Waals surface area contributed by atoms with Gasteiger partial charge < -0.3 is 10.8 Å². The molecule has 1 aliphatic heterocycles. The zero-order valence-corrected chi connectivity index (χ0v) is 16.9. The summed E-state index contributed by atoms with van der Waals surface area (Å²) in [6.07, 6.45) is 3.66. The van der Waals surface area contributed by atoms with Gasteiger partial charge >= 0.3 is 5.84 Å². The normalized spacial score (nSPS) is 14.3. The Bertz CT molecular complexity index is 1290. The third kappa shape index (κ3) is 3.33. The van der Waals surface area contributed by atoms with E-state index in [1.54, 1.807) is 10.9 Å². The van der Waals surface area contributed by atoms with E-state index in [1.165, 1.54) is 0 Å². The Labute approximate surface area is 180 Å². The van der Waals surface area contributed by atoms with E-state index in [4.69, 9.17) is 10.7 Å². The summed E-state index contributed by atoms with van der Waals surface area (Å²) in [6.45, 7) is 0.295. The zero-order chi connectivity index (χ0) is 21.2. The van der Waals surface area contributed by atoms with E-state index in [0.717, 1.165) is 33.8 Å². The number of hydrogen-bond donors (Lipinski definition) is 2. The molecule has 0 saturated carbocycles.